The van der Waals surface area contributed by atoms with Gasteiger partial charge in [0.15, 0.2) is 0 Å². The van der Waals surface area contributed by atoms with E-state index >= 15 is 0 Å². The lowest BCUT2D eigenvalue weighted by Gasteiger charge is -2.38. The van der Waals surface area contributed by atoms with Gasteiger partial charge in [-0.05, 0) is 30.5 Å². The first kappa shape index (κ1) is 19.1. The van der Waals surface area contributed by atoms with Crippen LogP contribution in [0.4, 0.5) is 0 Å². The summed E-state index contributed by atoms with van der Waals surface area (Å²) in [5.74, 6) is 0.00747. The fraction of sp³-hybridized carbons (Fsp3) is 0.381. The lowest BCUT2D eigenvalue weighted by Crippen LogP contribution is -2.52. The van der Waals surface area contributed by atoms with E-state index in [1.54, 1.807) is 30.3 Å². The van der Waals surface area contributed by atoms with Crippen molar-refractivity contribution < 1.29 is 13.2 Å². The molecule has 4 rings (SSSR count). The zero-order valence-corrected chi connectivity index (χ0v) is 16.5. The van der Waals surface area contributed by atoms with Gasteiger partial charge in [0.2, 0.25) is 15.9 Å². The quantitative estimate of drug-likeness (QED) is 0.807. The summed E-state index contributed by atoms with van der Waals surface area (Å²) in [4.78, 5) is 15.3. The van der Waals surface area contributed by atoms with Crippen molar-refractivity contribution in [2.24, 2.45) is 0 Å². The van der Waals surface area contributed by atoms with Gasteiger partial charge in [0.25, 0.3) is 0 Å². The molecule has 1 saturated heterocycles. The summed E-state index contributed by atoms with van der Waals surface area (Å²) in [5, 5.41) is 3.10. The molecule has 148 valence electrons. The predicted octanol–water partition coefficient (Wildman–Crippen LogP) is 2.01. The van der Waals surface area contributed by atoms with Gasteiger partial charge >= 0.3 is 0 Å². The van der Waals surface area contributed by atoms with Gasteiger partial charge in [-0.25, -0.2) is 8.42 Å². The molecule has 0 unspecified atom stereocenters. The van der Waals surface area contributed by atoms with Crippen LogP contribution in [0, 0.1) is 0 Å². The third-order valence-electron chi connectivity index (χ3n) is 5.31. The van der Waals surface area contributed by atoms with Crippen LogP contribution >= 0.6 is 0 Å². The number of rotatable bonds is 6. The van der Waals surface area contributed by atoms with Gasteiger partial charge < -0.3 is 5.32 Å². The van der Waals surface area contributed by atoms with Gasteiger partial charge in [0, 0.05) is 32.2 Å². The number of sulfonamides is 1. The minimum absolute atomic E-state index is 0.00747. The van der Waals surface area contributed by atoms with Crippen LogP contribution in [0.25, 0.3) is 0 Å². The number of amides is 1. The Morgan fingerprint density at radius 2 is 1.46 bits per heavy atom. The third-order valence-corrected chi connectivity index (χ3v) is 7.22. The summed E-state index contributed by atoms with van der Waals surface area (Å²) < 4.78 is 27.2. The molecule has 1 amide bonds. The van der Waals surface area contributed by atoms with Gasteiger partial charge in [-0.1, -0.05) is 48.5 Å². The summed E-state index contributed by atoms with van der Waals surface area (Å²) in [6, 6.07) is 18.1. The largest absolute Gasteiger partial charge is 0.352 e. The Morgan fingerprint density at radius 3 is 2.04 bits per heavy atom. The van der Waals surface area contributed by atoms with Crippen molar-refractivity contribution in [3.63, 3.8) is 0 Å². The molecule has 1 atom stereocenters. The fourth-order valence-electron chi connectivity index (χ4n) is 3.61. The van der Waals surface area contributed by atoms with Crippen LogP contribution in [0.2, 0.25) is 0 Å². The van der Waals surface area contributed by atoms with Gasteiger partial charge in [0.05, 0.1) is 4.90 Å². The maximum atomic E-state index is 12.9. The molecule has 2 aromatic rings. The molecule has 0 bridgehead atoms. The number of nitrogens with one attached hydrogen (secondary N) is 1. The zero-order valence-electron chi connectivity index (χ0n) is 15.7. The van der Waals surface area contributed by atoms with E-state index in [9.17, 15) is 13.2 Å². The molecule has 2 fully saturated rings. The predicted molar refractivity (Wildman–Crippen MR) is 107 cm³/mol. The van der Waals surface area contributed by atoms with E-state index < -0.39 is 10.0 Å². The number of hydrogen-bond acceptors (Lipinski definition) is 4. The molecule has 2 aromatic carbocycles. The van der Waals surface area contributed by atoms with Gasteiger partial charge in [-0.3, -0.25) is 9.69 Å². The molecule has 0 aromatic heterocycles. The second kappa shape index (κ2) is 8.03. The molecule has 28 heavy (non-hydrogen) atoms. The van der Waals surface area contributed by atoms with Crippen LogP contribution in [-0.4, -0.2) is 55.8 Å². The molecule has 1 N–H and O–H groups in total. The van der Waals surface area contributed by atoms with E-state index in [0.717, 1.165) is 18.4 Å². The second-order valence-corrected chi connectivity index (χ2v) is 9.29. The average molecular weight is 400 g/mol. The second-order valence-electron chi connectivity index (χ2n) is 7.35. The Kier molecular flexibility index (Phi) is 5.48. The van der Waals surface area contributed by atoms with Crippen LogP contribution in [0.15, 0.2) is 65.6 Å². The number of benzene rings is 2. The molecule has 0 radical (unpaired) electrons. The highest BCUT2D eigenvalue weighted by molar-refractivity contribution is 7.89. The molecule has 1 heterocycles. The van der Waals surface area contributed by atoms with E-state index in [2.05, 4.69) is 10.2 Å². The Balaban J connectivity index is 1.49. The first-order chi connectivity index (χ1) is 13.6. The first-order valence-electron chi connectivity index (χ1n) is 9.70. The van der Waals surface area contributed by atoms with Gasteiger partial charge in [0.1, 0.15) is 6.04 Å². The van der Waals surface area contributed by atoms with Crippen molar-refractivity contribution in [1.29, 1.82) is 0 Å². The van der Waals surface area contributed by atoms with Crippen LogP contribution in [0.1, 0.15) is 24.4 Å². The smallest absolute Gasteiger partial charge is 0.243 e. The highest BCUT2D eigenvalue weighted by Gasteiger charge is 2.36. The standard InChI is InChI=1S/C21H25N3O3S/c25-21(22-18-11-12-18)20(17-7-3-1-4-8-17)23-13-15-24(16-14-23)28(26,27)19-9-5-2-6-10-19/h1-10,18,20H,11-16H2,(H,22,25)/t20-/m1/s1. The van der Waals surface area contributed by atoms with Crippen molar-refractivity contribution in [3.8, 4) is 0 Å². The number of nitrogens with zero attached hydrogens (tertiary/aromatic N) is 2. The van der Waals surface area contributed by atoms with Crippen molar-refractivity contribution in [2.45, 2.75) is 29.8 Å². The first-order valence-corrected chi connectivity index (χ1v) is 11.1. The highest BCUT2D eigenvalue weighted by atomic mass is 32.2. The van der Waals surface area contributed by atoms with Crippen LogP contribution in [0.3, 0.4) is 0 Å². The van der Waals surface area contributed by atoms with E-state index in [4.69, 9.17) is 0 Å². The Bertz CT molecular complexity index is 906. The lowest BCUT2D eigenvalue weighted by atomic mass is 10.0. The minimum atomic E-state index is -3.50. The van der Waals surface area contributed by atoms with Crippen molar-refractivity contribution in [2.75, 3.05) is 26.2 Å². The highest BCUT2D eigenvalue weighted by Crippen LogP contribution is 2.27. The summed E-state index contributed by atoms with van der Waals surface area (Å²) in [5.41, 5.74) is 0.944. The SMILES string of the molecule is O=C(NC1CC1)[C@@H](c1ccccc1)N1CCN(S(=O)(=O)c2ccccc2)CC1. The maximum absolute atomic E-state index is 12.9. The van der Waals surface area contributed by atoms with E-state index in [1.165, 1.54) is 4.31 Å². The Labute approximate surface area is 166 Å². The van der Waals surface area contributed by atoms with Crippen molar-refractivity contribution in [3.05, 3.63) is 66.2 Å². The summed E-state index contributed by atoms with van der Waals surface area (Å²) in [6.45, 7) is 1.78. The molecule has 0 spiro atoms. The Hall–Kier alpha value is -2.22. The van der Waals surface area contributed by atoms with Gasteiger partial charge in [-0.15, -0.1) is 0 Å². The monoisotopic (exact) mass is 399 g/mol. The maximum Gasteiger partial charge on any atom is 0.243 e. The number of carbonyl (C=O) groups excluding carboxylic acids is 1. The summed E-state index contributed by atoms with van der Waals surface area (Å²) >= 11 is 0. The topological polar surface area (TPSA) is 69.7 Å². The van der Waals surface area contributed by atoms with Crippen LogP contribution in [-0.2, 0) is 14.8 Å². The van der Waals surface area contributed by atoms with Crippen LogP contribution in [0.5, 0.6) is 0 Å². The van der Waals surface area contributed by atoms with E-state index in [-0.39, 0.29) is 11.9 Å². The van der Waals surface area contributed by atoms with E-state index in [1.807, 2.05) is 30.3 Å². The summed E-state index contributed by atoms with van der Waals surface area (Å²) in [7, 11) is -3.50. The molecular formula is C21H25N3O3S. The molecule has 6 nitrogen and oxygen atoms in total. The summed E-state index contributed by atoms with van der Waals surface area (Å²) in [6.07, 6.45) is 2.08. The number of piperazine rings is 1. The minimum Gasteiger partial charge on any atom is -0.352 e. The normalized spacial score (nSPS) is 19.9. The lowest BCUT2D eigenvalue weighted by molar-refractivity contribution is -0.127. The number of carbonyl (C=O) groups is 1. The molecule has 1 aliphatic heterocycles. The molecule has 2 aliphatic rings. The molecule has 1 saturated carbocycles. The Morgan fingerprint density at radius 1 is 0.893 bits per heavy atom. The third kappa shape index (κ3) is 4.11. The van der Waals surface area contributed by atoms with Gasteiger partial charge in [-0.2, -0.15) is 4.31 Å². The zero-order chi connectivity index (χ0) is 19.6. The average Bonchev–Trinajstić information content (AvgIpc) is 3.54. The van der Waals surface area contributed by atoms with Crippen molar-refractivity contribution in [1.82, 2.24) is 14.5 Å². The van der Waals surface area contributed by atoms with Crippen LogP contribution < -0.4 is 5.32 Å². The van der Waals surface area contributed by atoms with E-state index in [0.29, 0.717) is 37.1 Å². The molecule has 7 heteroatoms. The number of hydrogen-bond donors (Lipinski definition) is 1. The molecule has 1 aliphatic carbocycles. The fourth-order valence-corrected chi connectivity index (χ4v) is 5.06. The van der Waals surface area contributed by atoms with Crippen molar-refractivity contribution >= 4 is 15.9 Å². The molecular weight excluding hydrogens is 374 g/mol.